The first-order valence-corrected chi connectivity index (χ1v) is 18.0. The average Bonchev–Trinajstić information content (AvgIpc) is 3.49. The zero-order valence-corrected chi connectivity index (χ0v) is 26.8. The lowest BCUT2D eigenvalue weighted by molar-refractivity contribution is 0.324. The predicted octanol–water partition coefficient (Wildman–Crippen LogP) is 10.7. The highest BCUT2D eigenvalue weighted by Crippen LogP contribution is 2.70. The highest BCUT2D eigenvalue weighted by atomic mass is 15.2. The summed E-state index contributed by atoms with van der Waals surface area (Å²) in [6.45, 7) is 2.33. The van der Waals surface area contributed by atoms with Crippen molar-refractivity contribution in [1.82, 2.24) is 0 Å². The maximum atomic E-state index is 2.71. The van der Waals surface area contributed by atoms with Crippen LogP contribution >= 0.6 is 0 Å². The molecule has 0 amide bonds. The maximum Gasteiger partial charge on any atom is 0.0455 e. The first-order valence-electron chi connectivity index (χ1n) is 18.0. The maximum absolute atomic E-state index is 2.71. The van der Waals surface area contributed by atoms with Gasteiger partial charge in [0.2, 0.25) is 0 Å². The van der Waals surface area contributed by atoms with Gasteiger partial charge in [-0.15, -0.1) is 0 Å². The molecule has 10 aliphatic carbocycles. The van der Waals surface area contributed by atoms with Gasteiger partial charge in [-0.1, -0.05) is 90.1 Å². The standard InChI is InChI=1S/C45H41N/c1-26-18-19-29(22-26)40-38-25-32(46(30-12-4-2-5-13-30)31-14-6-3-7-15-31)24-37-33-21-20-28-23-36(28)41(33)45(42(37)38)44-35-17-9-11-27-10-8-16-34(39(27)35)43(40)44/h2-6,9-14,17-21,25,28,34,36-37,39,43-44H,7-8,15-16,22-24H2,1H3. The Morgan fingerprint density at radius 3 is 2.61 bits per heavy atom. The Labute approximate surface area is 273 Å². The summed E-state index contributed by atoms with van der Waals surface area (Å²) in [6.07, 6.45) is 38.0. The Bertz CT molecular complexity index is 2000. The Kier molecular flexibility index (Phi) is 5.36. The predicted molar refractivity (Wildman–Crippen MR) is 188 cm³/mol. The molecule has 7 atom stereocenters. The Balaban J connectivity index is 1.19. The molecular formula is C45H41N. The van der Waals surface area contributed by atoms with Crippen molar-refractivity contribution in [3.8, 4) is 0 Å². The minimum Gasteiger partial charge on any atom is -0.318 e. The summed E-state index contributed by atoms with van der Waals surface area (Å²) in [4.78, 5) is 2.65. The van der Waals surface area contributed by atoms with E-state index in [2.05, 4.69) is 115 Å². The van der Waals surface area contributed by atoms with Gasteiger partial charge >= 0.3 is 0 Å². The summed E-state index contributed by atoms with van der Waals surface area (Å²) in [5, 5.41) is 0. The molecule has 0 aromatic heterocycles. The number of allylic oxidation sites excluding steroid dienone is 24. The van der Waals surface area contributed by atoms with E-state index in [0.29, 0.717) is 29.6 Å². The third-order valence-corrected chi connectivity index (χ3v) is 13.0. The van der Waals surface area contributed by atoms with E-state index in [4.69, 9.17) is 0 Å². The van der Waals surface area contributed by atoms with Crippen LogP contribution in [0.3, 0.4) is 0 Å². The zero-order valence-electron chi connectivity index (χ0n) is 26.8. The van der Waals surface area contributed by atoms with Gasteiger partial charge in [0.15, 0.2) is 0 Å². The van der Waals surface area contributed by atoms with Gasteiger partial charge in [0, 0.05) is 34.8 Å². The molecule has 1 aromatic carbocycles. The second kappa shape index (κ2) is 9.47. The summed E-state index contributed by atoms with van der Waals surface area (Å²) in [6, 6.07) is 11.2. The minimum atomic E-state index is 0.452. The monoisotopic (exact) mass is 595 g/mol. The number of hydrogen-bond acceptors (Lipinski definition) is 1. The van der Waals surface area contributed by atoms with Crippen molar-refractivity contribution in [1.29, 1.82) is 0 Å². The third-order valence-electron chi connectivity index (χ3n) is 13.0. The van der Waals surface area contributed by atoms with Gasteiger partial charge in [0.25, 0.3) is 0 Å². The summed E-state index contributed by atoms with van der Waals surface area (Å²) in [5.41, 5.74) is 21.0. The fourth-order valence-corrected chi connectivity index (χ4v) is 11.3. The van der Waals surface area contributed by atoms with E-state index < -0.39 is 0 Å². The van der Waals surface area contributed by atoms with Crippen LogP contribution in [0.25, 0.3) is 0 Å². The molecule has 0 N–H and O–H groups in total. The molecule has 0 bridgehead atoms. The van der Waals surface area contributed by atoms with E-state index in [1.165, 1.54) is 41.9 Å². The van der Waals surface area contributed by atoms with Gasteiger partial charge in [-0.05, 0) is 144 Å². The molecule has 1 aromatic rings. The molecule has 11 rings (SSSR count). The van der Waals surface area contributed by atoms with Gasteiger partial charge in [0.05, 0.1) is 0 Å². The second-order valence-electron chi connectivity index (χ2n) is 15.4. The van der Waals surface area contributed by atoms with Gasteiger partial charge in [-0.3, -0.25) is 0 Å². The van der Waals surface area contributed by atoms with E-state index in [1.807, 2.05) is 0 Å². The van der Waals surface area contributed by atoms with Crippen molar-refractivity contribution >= 4 is 5.69 Å². The van der Waals surface area contributed by atoms with Gasteiger partial charge in [0.1, 0.15) is 0 Å². The summed E-state index contributed by atoms with van der Waals surface area (Å²) in [7, 11) is 0. The number of anilines is 1. The van der Waals surface area contributed by atoms with E-state index in [1.54, 1.807) is 50.2 Å². The van der Waals surface area contributed by atoms with Crippen LogP contribution in [0.15, 0.2) is 170 Å². The van der Waals surface area contributed by atoms with Crippen LogP contribution in [0.4, 0.5) is 5.69 Å². The molecule has 2 saturated carbocycles. The topological polar surface area (TPSA) is 3.24 Å². The smallest absolute Gasteiger partial charge is 0.0455 e. The van der Waals surface area contributed by atoms with Crippen LogP contribution in [-0.4, -0.2) is 0 Å². The van der Waals surface area contributed by atoms with E-state index in [-0.39, 0.29) is 0 Å². The summed E-state index contributed by atoms with van der Waals surface area (Å²) < 4.78 is 0. The molecule has 0 saturated heterocycles. The van der Waals surface area contributed by atoms with Crippen molar-refractivity contribution in [2.24, 2.45) is 41.4 Å². The zero-order chi connectivity index (χ0) is 30.1. The lowest BCUT2D eigenvalue weighted by Crippen LogP contribution is -2.32. The highest BCUT2D eigenvalue weighted by Gasteiger charge is 2.60. The normalized spacial score (nSPS) is 35.4. The Morgan fingerprint density at radius 1 is 0.826 bits per heavy atom. The fraction of sp³-hybridized carbons (Fsp3) is 0.333. The van der Waals surface area contributed by atoms with Gasteiger partial charge in [-0.25, -0.2) is 0 Å². The third kappa shape index (κ3) is 3.47. The Morgan fingerprint density at radius 2 is 1.76 bits per heavy atom. The largest absolute Gasteiger partial charge is 0.318 e. The fourth-order valence-electron chi connectivity index (χ4n) is 11.3. The number of rotatable bonds is 4. The lowest BCUT2D eigenvalue weighted by Gasteiger charge is -2.42. The van der Waals surface area contributed by atoms with Crippen LogP contribution < -0.4 is 4.90 Å². The van der Waals surface area contributed by atoms with Crippen LogP contribution in [0.5, 0.6) is 0 Å². The summed E-state index contributed by atoms with van der Waals surface area (Å²) in [5.74, 6) is 4.33. The van der Waals surface area contributed by atoms with Gasteiger partial charge in [-0.2, -0.15) is 0 Å². The van der Waals surface area contributed by atoms with Crippen molar-refractivity contribution in [2.45, 2.75) is 51.9 Å². The molecule has 7 unspecified atom stereocenters. The molecule has 0 heterocycles. The number of benzene rings is 1. The van der Waals surface area contributed by atoms with Crippen molar-refractivity contribution in [3.05, 3.63) is 170 Å². The molecule has 226 valence electrons. The number of fused-ring (bicyclic) bond motifs is 8. The molecule has 46 heavy (non-hydrogen) atoms. The van der Waals surface area contributed by atoms with Crippen molar-refractivity contribution in [3.63, 3.8) is 0 Å². The number of nitrogens with zero attached hydrogens (tertiary/aromatic N) is 1. The lowest BCUT2D eigenvalue weighted by atomic mass is 9.63. The van der Waals surface area contributed by atoms with E-state index in [9.17, 15) is 0 Å². The molecule has 0 aliphatic heterocycles. The van der Waals surface area contributed by atoms with Crippen LogP contribution in [0.1, 0.15) is 51.9 Å². The number of para-hydroxylation sites is 1. The first kappa shape index (κ1) is 26.0. The molecule has 0 spiro atoms. The van der Waals surface area contributed by atoms with Gasteiger partial charge < -0.3 is 4.90 Å². The molecule has 10 aliphatic rings. The van der Waals surface area contributed by atoms with E-state index in [0.717, 1.165) is 37.5 Å². The molecular weight excluding hydrogens is 555 g/mol. The van der Waals surface area contributed by atoms with Crippen LogP contribution in [0, 0.1) is 41.4 Å². The Hall–Kier alpha value is -4.10. The van der Waals surface area contributed by atoms with E-state index >= 15 is 0 Å². The quantitative estimate of drug-likeness (QED) is 0.335. The number of hydrogen-bond donors (Lipinski definition) is 0. The van der Waals surface area contributed by atoms with Crippen LogP contribution in [0.2, 0.25) is 0 Å². The minimum absolute atomic E-state index is 0.452. The first-order chi connectivity index (χ1) is 22.7. The average molecular weight is 596 g/mol. The molecule has 0 radical (unpaired) electrons. The van der Waals surface area contributed by atoms with Crippen molar-refractivity contribution < 1.29 is 0 Å². The molecule has 1 nitrogen and oxygen atoms in total. The molecule has 2 fully saturated rings. The second-order valence-corrected chi connectivity index (χ2v) is 15.4. The molecule has 1 heteroatoms. The highest BCUT2D eigenvalue weighted by molar-refractivity contribution is 5.77. The summed E-state index contributed by atoms with van der Waals surface area (Å²) >= 11 is 0. The van der Waals surface area contributed by atoms with Crippen LogP contribution in [-0.2, 0) is 0 Å². The SMILES string of the molecule is CC1=CC=C(C2=C3C=C(N(C4=CC=CCC4)c4ccccc4)CC4C5=C(C(=C34)C3C4=CC=CC6=CCCC(C64)C23)C2CC2C=C5)C1. The van der Waals surface area contributed by atoms with Crippen molar-refractivity contribution in [2.75, 3.05) is 4.90 Å².